The maximum absolute atomic E-state index is 14.2. The summed E-state index contributed by atoms with van der Waals surface area (Å²) in [7, 11) is 3.65. The van der Waals surface area contributed by atoms with Crippen LogP contribution in [0.5, 0.6) is 0 Å². The number of carboxylic acid groups (broad SMARTS) is 1. The number of nitrogens with zero attached hydrogens (tertiary/aromatic N) is 5. The number of aliphatic carboxylic acids is 1. The van der Waals surface area contributed by atoms with Gasteiger partial charge in [-0.2, -0.15) is 13.2 Å². The minimum Gasteiger partial charge on any atom is -0.481 e. The molecule has 0 radical (unpaired) electrons. The number of carbonyl (C=O) groups is 1. The number of hydrogen-bond donors (Lipinski definition) is 2. The van der Waals surface area contributed by atoms with E-state index in [9.17, 15) is 22.4 Å². The number of benzene rings is 2. The second-order valence-corrected chi connectivity index (χ2v) is 13.0. The predicted molar refractivity (Wildman–Crippen MR) is 177 cm³/mol. The lowest BCUT2D eigenvalue weighted by Gasteiger charge is -2.35. The van der Waals surface area contributed by atoms with Gasteiger partial charge in [-0.05, 0) is 61.4 Å². The second-order valence-electron chi connectivity index (χ2n) is 13.0. The van der Waals surface area contributed by atoms with Crippen LogP contribution in [0.2, 0.25) is 0 Å². The monoisotopic (exact) mass is 668 g/mol. The van der Waals surface area contributed by atoms with Gasteiger partial charge in [0.2, 0.25) is 0 Å². The molecule has 2 aliphatic rings. The molecule has 1 saturated heterocycles. The molecular formula is C35H40F4N6O3. The van der Waals surface area contributed by atoms with Gasteiger partial charge in [-0.3, -0.25) is 9.69 Å². The average Bonchev–Trinajstić information content (AvgIpc) is 3.71. The Morgan fingerprint density at radius 1 is 1.02 bits per heavy atom. The van der Waals surface area contributed by atoms with Crippen molar-refractivity contribution in [2.75, 3.05) is 69.8 Å². The number of methoxy groups -OCH3 is 1. The smallest absolute Gasteiger partial charge is 0.419 e. The highest BCUT2D eigenvalue weighted by Crippen LogP contribution is 2.41. The number of pyridine rings is 1. The summed E-state index contributed by atoms with van der Waals surface area (Å²) in [6.45, 7) is 4.96. The molecular weight excluding hydrogens is 628 g/mol. The van der Waals surface area contributed by atoms with E-state index in [0.29, 0.717) is 36.7 Å². The third-order valence-electron chi connectivity index (χ3n) is 9.63. The fourth-order valence-corrected chi connectivity index (χ4v) is 7.14. The van der Waals surface area contributed by atoms with Gasteiger partial charge in [-0.25, -0.2) is 14.4 Å². The molecule has 9 nitrogen and oxygen atoms in total. The minimum atomic E-state index is -4.85. The number of aromatic nitrogens is 3. The van der Waals surface area contributed by atoms with Crippen LogP contribution in [0, 0.1) is 11.2 Å². The van der Waals surface area contributed by atoms with Crippen LogP contribution in [0.3, 0.4) is 0 Å². The van der Waals surface area contributed by atoms with Crippen molar-refractivity contribution in [3.63, 3.8) is 0 Å². The lowest BCUT2D eigenvalue weighted by atomic mass is 9.86. The summed E-state index contributed by atoms with van der Waals surface area (Å²) < 4.78 is 60.7. The third kappa shape index (κ3) is 7.26. The van der Waals surface area contributed by atoms with Crippen molar-refractivity contribution in [1.29, 1.82) is 0 Å². The molecule has 4 aromatic rings. The Morgan fingerprint density at radius 3 is 2.35 bits per heavy atom. The first-order valence-corrected chi connectivity index (χ1v) is 16.2. The first-order chi connectivity index (χ1) is 22.9. The maximum atomic E-state index is 14.2. The Kier molecular flexibility index (Phi) is 9.62. The number of hydrogen-bond acceptors (Lipinski definition) is 7. The standard InChI is InChI=1S/C35H40F4N6O3/c1-43(21-34(22-48-2)12-3-4-13-34)29-20-28(24-7-10-27(36)26(19-24)35(37,38)39)40-33-31(29)41-32(42-33)23-5-8-25(9-6-23)45-17-15-44(16-18-45)14-11-30(46)47/h5-10,19-20H,3-4,11-18,21-22H2,1-2H3,(H,46,47)(H,40,41,42). The molecule has 13 heteroatoms. The molecule has 0 bridgehead atoms. The lowest BCUT2D eigenvalue weighted by molar-refractivity contribution is -0.140. The maximum Gasteiger partial charge on any atom is 0.419 e. The molecule has 48 heavy (non-hydrogen) atoms. The van der Waals surface area contributed by atoms with Crippen molar-refractivity contribution in [3.05, 3.63) is 59.9 Å². The van der Waals surface area contributed by atoms with Gasteiger partial charge >= 0.3 is 12.1 Å². The van der Waals surface area contributed by atoms with E-state index in [-0.39, 0.29) is 23.1 Å². The molecule has 0 spiro atoms. The van der Waals surface area contributed by atoms with Gasteiger partial charge in [-0.1, -0.05) is 12.8 Å². The Hall–Kier alpha value is -4.23. The number of rotatable bonds is 11. The van der Waals surface area contributed by atoms with E-state index in [0.717, 1.165) is 80.9 Å². The van der Waals surface area contributed by atoms with Gasteiger partial charge in [0.25, 0.3) is 0 Å². The highest BCUT2D eigenvalue weighted by atomic mass is 19.4. The van der Waals surface area contributed by atoms with Crippen LogP contribution in [-0.4, -0.2) is 91.0 Å². The summed E-state index contributed by atoms with van der Waals surface area (Å²) in [5, 5.41) is 8.98. The van der Waals surface area contributed by atoms with Crippen molar-refractivity contribution >= 4 is 28.5 Å². The topological polar surface area (TPSA) is 97.8 Å². The van der Waals surface area contributed by atoms with Gasteiger partial charge < -0.3 is 24.6 Å². The van der Waals surface area contributed by atoms with Gasteiger partial charge in [-0.15, -0.1) is 0 Å². The summed E-state index contributed by atoms with van der Waals surface area (Å²) >= 11 is 0. The van der Waals surface area contributed by atoms with Crippen LogP contribution in [0.4, 0.5) is 28.9 Å². The largest absolute Gasteiger partial charge is 0.481 e. The number of ether oxygens (including phenoxy) is 1. The molecule has 2 fully saturated rings. The van der Waals surface area contributed by atoms with Crippen molar-refractivity contribution < 1.29 is 32.2 Å². The fourth-order valence-electron chi connectivity index (χ4n) is 7.14. The van der Waals surface area contributed by atoms with Crippen LogP contribution >= 0.6 is 0 Å². The highest BCUT2D eigenvalue weighted by Gasteiger charge is 2.36. The molecule has 256 valence electrons. The normalized spacial score (nSPS) is 16.9. The van der Waals surface area contributed by atoms with E-state index < -0.39 is 23.5 Å². The Balaban J connectivity index is 1.32. The SMILES string of the molecule is COCC1(CN(C)c2cc(-c3ccc(F)c(C(F)(F)F)c3)nc3nc(-c4ccc(N5CCN(CCC(=O)O)CC5)cc4)[nH]c23)CCCC1. The van der Waals surface area contributed by atoms with Crippen LogP contribution in [-0.2, 0) is 15.7 Å². The van der Waals surface area contributed by atoms with Gasteiger partial charge in [0, 0.05) is 75.7 Å². The molecule has 6 rings (SSSR count). The molecule has 3 heterocycles. The summed E-state index contributed by atoms with van der Waals surface area (Å²) in [5.41, 5.74) is 2.60. The molecule has 1 aliphatic carbocycles. The zero-order chi connectivity index (χ0) is 34.1. The molecule has 1 aliphatic heterocycles. The average molecular weight is 669 g/mol. The summed E-state index contributed by atoms with van der Waals surface area (Å²) in [6, 6.07) is 12.7. The number of piperazine rings is 1. The van der Waals surface area contributed by atoms with Crippen LogP contribution in [0.15, 0.2) is 48.5 Å². The Bertz CT molecular complexity index is 1750. The van der Waals surface area contributed by atoms with Crippen LogP contribution < -0.4 is 9.80 Å². The number of H-pyrrole nitrogens is 1. The van der Waals surface area contributed by atoms with Crippen molar-refractivity contribution in [3.8, 4) is 22.6 Å². The van der Waals surface area contributed by atoms with E-state index in [1.807, 2.05) is 31.3 Å². The molecule has 2 aromatic carbocycles. The number of halogens is 4. The van der Waals surface area contributed by atoms with Gasteiger partial charge in [0.1, 0.15) is 17.2 Å². The quantitative estimate of drug-likeness (QED) is 0.171. The highest BCUT2D eigenvalue weighted by molar-refractivity contribution is 5.91. The number of carboxylic acids is 1. The number of nitrogens with one attached hydrogen (secondary N) is 1. The number of alkyl halides is 3. The van der Waals surface area contributed by atoms with E-state index in [2.05, 4.69) is 24.7 Å². The van der Waals surface area contributed by atoms with Crippen molar-refractivity contribution in [2.24, 2.45) is 5.41 Å². The zero-order valence-electron chi connectivity index (χ0n) is 27.1. The van der Waals surface area contributed by atoms with Crippen LogP contribution in [0.25, 0.3) is 33.8 Å². The molecule has 1 saturated carbocycles. The molecule has 2 N–H and O–H groups in total. The molecule has 2 aromatic heterocycles. The van der Waals surface area contributed by atoms with E-state index in [4.69, 9.17) is 14.8 Å². The van der Waals surface area contributed by atoms with E-state index >= 15 is 0 Å². The Labute approximate surface area is 276 Å². The molecule has 0 atom stereocenters. The van der Waals surface area contributed by atoms with Gasteiger partial charge in [0.15, 0.2) is 5.65 Å². The first-order valence-electron chi connectivity index (χ1n) is 16.2. The molecule has 0 amide bonds. The van der Waals surface area contributed by atoms with Crippen molar-refractivity contribution in [1.82, 2.24) is 19.9 Å². The van der Waals surface area contributed by atoms with Gasteiger partial charge in [0.05, 0.1) is 30.0 Å². The van der Waals surface area contributed by atoms with Crippen LogP contribution in [0.1, 0.15) is 37.7 Å². The van der Waals surface area contributed by atoms with E-state index in [1.54, 1.807) is 13.2 Å². The number of fused-ring (bicyclic) bond motifs is 1. The predicted octanol–water partition coefficient (Wildman–Crippen LogP) is 6.69. The number of anilines is 2. The summed E-state index contributed by atoms with van der Waals surface area (Å²) in [5.74, 6) is -1.56. The molecule has 0 unspecified atom stereocenters. The first kappa shape index (κ1) is 33.7. The van der Waals surface area contributed by atoms with Crippen molar-refractivity contribution in [2.45, 2.75) is 38.3 Å². The number of imidazole rings is 1. The minimum absolute atomic E-state index is 0.0565. The summed E-state index contributed by atoms with van der Waals surface area (Å²) in [6.07, 6.45) is -0.484. The lowest BCUT2D eigenvalue weighted by Crippen LogP contribution is -2.46. The second kappa shape index (κ2) is 13.7. The third-order valence-corrected chi connectivity index (χ3v) is 9.63. The zero-order valence-corrected chi connectivity index (χ0v) is 27.1. The summed E-state index contributed by atoms with van der Waals surface area (Å²) in [4.78, 5) is 30.3. The van der Waals surface area contributed by atoms with E-state index in [1.165, 1.54) is 6.07 Å². The Morgan fingerprint density at radius 2 is 1.71 bits per heavy atom. The fraction of sp³-hybridized carbons (Fsp3) is 0.457. The number of aromatic amines is 1.